The van der Waals surface area contributed by atoms with Gasteiger partial charge >= 0.3 is 0 Å². The van der Waals surface area contributed by atoms with Crippen LogP contribution in [0.25, 0.3) is 0 Å². The van der Waals surface area contributed by atoms with Crippen LogP contribution in [0, 0.1) is 5.92 Å². The number of nitrogens with two attached hydrogens (primary N) is 1. The number of anilines is 2. The second kappa shape index (κ2) is 9.41. The molecule has 2 aromatic rings. The molecule has 2 amide bonds. The fraction of sp³-hybridized carbons (Fsp3) is 0.579. The number of hydrogen-bond donors (Lipinski definition) is 2. The number of tetrazole rings is 1. The predicted octanol–water partition coefficient (Wildman–Crippen LogP) is 1.62. The number of pyridine rings is 1. The molecule has 1 aliphatic heterocycles. The van der Waals surface area contributed by atoms with Crippen LogP contribution in [0.5, 0.6) is 0 Å². The van der Waals surface area contributed by atoms with Gasteiger partial charge in [0.15, 0.2) is 0 Å². The molecular weight excluding hydrogens is 404 g/mol. The molecule has 0 aromatic carbocycles. The first kappa shape index (κ1) is 20.6. The molecule has 0 radical (unpaired) electrons. The molecule has 30 heavy (non-hydrogen) atoms. The van der Waals surface area contributed by atoms with E-state index in [1.54, 1.807) is 6.20 Å². The molecule has 1 saturated heterocycles. The molecule has 3 heterocycles. The zero-order valence-electron chi connectivity index (χ0n) is 16.7. The van der Waals surface area contributed by atoms with Crippen molar-refractivity contribution < 1.29 is 9.59 Å². The molecule has 10 nitrogen and oxygen atoms in total. The van der Waals surface area contributed by atoms with E-state index in [0.29, 0.717) is 23.4 Å². The van der Waals surface area contributed by atoms with E-state index in [1.807, 2.05) is 16.8 Å². The summed E-state index contributed by atoms with van der Waals surface area (Å²) in [4.78, 5) is 30.3. The minimum atomic E-state index is -0.264. The molecule has 0 bridgehead atoms. The van der Waals surface area contributed by atoms with Crippen molar-refractivity contribution >= 4 is 35.1 Å². The van der Waals surface area contributed by atoms with Crippen molar-refractivity contribution in [3.8, 4) is 0 Å². The first-order chi connectivity index (χ1) is 14.6. The van der Waals surface area contributed by atoms with E-state index in [4.69, 9.17) is 5.73 Å². The zero-order valence-corrected chi connectivity index (χ0v) is 17.6. The van der Waals surface area contributed by atoms with Crippen LogP contribution in [0.3, 0.4) is 0 Å². The van der Waals surface area contributed by atoms with Gasteiger partial charge in [0.2, 0.25) is 17.0 Å². The summed E-state index contributed by atoms with van der Waals surface area (Å²) in [6.45, 7) is 1.43. The first-order valence-corrected chi connectivity index (χ1v) is 11.3. The number of hydrogen-bond acceptors (Lipinski definition) is 8. The average Bonchev–Trinajstić information content (AvgIpc) is 3.44. The third-order valence-corrected chi connectivity index (χ3v) is 6.58. The molecule has 160 valence electrons. The number of nitrogens with zero attached hydrogens (tertiary/aromatic N) is 6. The lowest BCUT2D eigenvalue weighted by molar-refractivity contribution is -0.122. The first-order valence-electron chi connectivity index (χ1n) is 10.3. The van der Waals surface area contributed by atoms with Crippen molar-refractivity contribution in [1.29, 1.82) is 0 Å². The molecule has 2 aromatic heterocycles. The standard InChI is InChI=1S/C19H26N8O2S/c20-18(29)13-4-3-9-26(11-13)16-8-7-14(10-21-16)22-17(28)12-30-19-23-24-25-27(19)15-5-1-2-6-15/h7-8,10,13,15H,1-6,9,11-12H2,(H2,20,29)(H,22,28). The third-order valence-electron chi connectivity index (χ3n) is 5.64. The molecule has 0 spiro atoms. The monoisotopic (exact) mass is 430 g/mol. The van der Waals surface area contributed by atoms with Crippen LogP contribution >= 0.6 is 11.8 Å². The Hall–Kier alpha value is -2.69. The number of carbonyl (C=O) groups is 2. The topological polar surface area (TPSA) is 132 Å². The van der Waals surface area contributed by atoms with Gasteiger partial charge in [-0.3, -0.25) is 9.59 Å². The van der Waals surface area contributed by atoms with Crippen LogP contribution < -0.4 is 16.0 Å². The lowest BCUT2D eigenvalue weighted by Gasteiger charge is -2.32. The van der Waals surface area contributed by atoms with E-state index in [2.05, 4.69) is 30.7 Å². The van der Waals surface area contributed by atoms with Gasteiger partial charge in [-0.1, -0.05) is 24.6 Å². The van der Waals surface area contributed by atoms with Crippen molar-refractivity contribution in [2.24, 2.45) is 11.7 Å². The van der Waals surface area contributed by atoms with Crippen molar-refractivity contribution in [1.82, 2.24) is 25.2 Å². The quantitative estimate of drug-likeness (QED) is 0.633. The van der Waals surface area contributed by atoms with Crippen LogP contribution in [0.1, 0.15) is 44.6 Å². The van der Waals surface area contributed by atoms with E-state index >= 15 is 0 Å². The minimum absolute atomic E-state index is 0.137. The highest BCUT2D eigenvalue weighted by Gasteiger charge is 2.25. The molecule has 4 rings (SSSR count). The van der Waals surface area contributed by atoms with Gasteiger partial charge in [0.05, 0.1) is 29.6 Å². The van der Waals surface area contributed by atoms with Crippen molar-refractivity contribution in [2.75, 3.05) is 29.1 Å². The van der Waals surface area contributed by atoms with Crippen molar-refractivity contribution in [3.63, 3.8) is 0 Å². The fourth-order valence-electron chi connectivity index (χ4n) is 4.05. The van der Waals surface area contributed by atoms with Gasteiger partial charge in [-0.2, -0.15) is 0 Å². The number of carbonyl (C=O) groups excluding carboxylic acids is 2. The van der Waals surface area contributed by atoms with Crippen LogP contribution in [-0.2, 0) is 9.59 Å². The van der Waals surface area contributed by atoms with E-state index in [-0.39, 0.29) is 23.5 Å². The Bertz CT molecular complexity index is 881. The van der Waals surface area contributed by atoms with E-state index in [9.17, 15) is 9.59 Å². The Labute approximate surface area is 179 Å². The lowest BCUT2D eigenvalue weighted by atomic mass is 9.97. The highest BCUT2D eigenvalue weighted by Crippen LogP contribution is 2.31. The van der Waals surface area contributed by atoms with Gasteiger partial charge in [-0.15, -0.1) is 5.10 Å². The Kier molecular flexibility index (Phi) is 6.46. The summed E-state index contributed by atoms with van der Waals surface area (Å²) < 4.78 is 1.85. The summed E-state index contributed by atoms with van der Waals surface area (Å²) in [5.41, 5.74) is 6.07. The molecule has 2 fully saturated rings. The maximum Gasteiger partial charge on any atom is 0.234 e. The van der Waals surface area contributed by atoms with E-state index in [1.165, 1.54) is 24.6 Å². The minimum Gasteiger partial charge on any atom is -0.369 e. The number of thioether (sulfide) groups is 1. The summed E-state index contributed by atoms with van der Waals surface area (Å²) in [7, 11) is 0. The Morgan fingerprint density at radius 2 is 2.03 bits per heavy atom. The summed E-state index contributed by atoms with van der Waals surface area (Å²) in [6.07, 6.45) is 7.92. The largest absolute Gasteiger partial charge is 0.369 e. The molecular formula is C19H26N8O2S. The summed E-state index contributed by atoms with van der Waals surface area (Å²) >= 11 is 1.34. The number of amides is 2. The summed E-state index contributed by atoms with van der Waals surface area (Å²) in [6, 6.07) is 4.01. The fourth-order valence-corrected chi connectivity index (χ4v) is 4.79. The zero-order chi connectivity index (χ0) is 20.9. The smallest absolute Gasteiger partial charge is 0.234 e. The Balaban J connectivity index is 1.29. The van der Waals surface area contributed by atoms with E-state index < -0.39 is 0 Å². The maximum atomic E-state index is 12.3. The van der Waals surface area contributed by atoms with Gasteiger partial charge in [0, 0.05) is 13.1 Å². The third kappa shape index (κ3) is 4.89. The van der Waals surface area contributed by atoms with Gasteiger partial charge in [-0.25, -0.2) is 9.67 Å². The van der Waals surface area contributed by atoms with Gasteiger partial charge in [0.1, 0.15) is 5.82 Å². The van der Waals surface area contributed by atoms with Gasteiger partial charge in [0.25, 0.3) is 0 Å². The lowest BCUT2D eigenvalue weighted by Crippen LogP contribution is -2.41. The molecule has 1 unspecified atom stereocenters. The summed E-state index contributed by atoms with van der Waals surface area (Å²) in [5, 5.41) is 15.4. The normalized spacial score (nSPS) is 19.7. The van der Waals surface area contributed by atoms with Crippen molar-refractivity contribution in [2.45, 2.75) is 49.7 Å². The number of rotatable bonds is 7. The molecule has 2 aliphatic rings. The Morgan fingerprint density at radius 1 is 1.20 bits per heavy atom. The number of primary amides is 1. The highest BCUT2D eigenvalue weighted by molar-refractivity contribution is 7.99. The molecule has 1 saturated carbocycles. The number of aromatic nitrogens is 5. The average molecular weight is 431 g/mol. The predicted molar refractivity (Wildman–Crippen MR) is 113 cm³/mol. The summed E-state index contributed by atoms with van der Waals surface area (Å²) in [5.74, 6) is 0.463. The second-order valence-corrected chi connectivity index (χ2v) is 8.72. The van der Waals surface area contributed by atoms with E-state index in [0.717, 1.165) is 38.0 Å². The second-order valence-electron chi connectivity index (χ2n) is 7.77. The van der Waals surface area contributed by atoms with Crippen LogP contribution in [0.15, 0.2) is 23.5 Å². The number of nitrogens with one attached hydrogen (secondary N) is 1. The molecule has 11 heteroatoms. The molecule has 1 aliphatic carbocycles. The SMILES string of the molecule is NC(=O)C1CCCN(c2ccc(NC(=O)CSc3nnnn3C3CCCC3)cn2)C1. The van der Waals surface area contributed by atoms with Crippen LogP contribution in [0.2, 0.25) is 0 Å². The van der Waals surface area contributed by atoms with Gasteiger partial charge in [-0.05, 0) is 48.2 Å². The maximum absolute atomic E-state index is 12.3. The molecule has 1 atom stereocenters. The van der Waals surface area contributed by atoms with Gasteiger partial charge < -0.3 is 16.0 Å². The number of piperidine rings is 1. The Morgan fingerprint density at radius 3 is 2.77 bits per heavy atom. The van der Waals surface area contributed by atoms with Crippen molar-refractivity contribution in [3.05, 3.63) is 18.3 Å². The molecule has 3 N–H and O–H groups in total. The van der Waals surface area contributed by atoms with Crippen LogP contribution in [0.4, 0.5) is 11.5 Å². The highest BCUT2D eigenvalue weighted by atomic mass is 32.2. The van der Waals surface area contributed by atoms with Crippen LogP contribution in [-0.4, -0.2) is 55.8 Å².